The lowest BCUT2D eigenvalue weighted by Gasteiger charge is -2.17. The Labute approximate surface area is 126 Å². The normalized spacial score (nSPS) is 11.8. The molecule has 2 rings (SSSR count). The molecule has 0 bridgehead atoms. The molecule has 0 radical (unpaired) electrons. The van der Waals surface area contributed by atoms with E-state index >= 15 is 0 Å². The maximum absolute atomic E-state index is 12.5. The third-order valence-corrected chi connectivity index (χ3v) is 5.54. The summed E-state index contributed by atoms with van der Waals surface area (Å²) in [6.45, 7) is 0.208. The van der Waals surface area contributed by atoms with Gasteiger partial charge in [0.2, 0.25) is 10.0 Å². The van der Waals surface area contributed by atoms with E-state index in [-0.39, 0.29) is 11.4 Å². The third-order valence-electron chi connectivity index (χ3n) is 2.75. The van der Waals surface area contributed by atoms with Crippen molar-refractivity contribution in [2.24, 2.45) is 0 Å². The molecule has 0 aliphatic heterocycles. The first-order chi connectivity index (χ1) is 9.41. The van der Waals surface area contributed by atoms with Crippen LogP contribution in [0.4, 0.5) is 5.69 Å². The van der Waals surface area contributed by atoms with Gasteiger partial charge in [-0.15, -0.1) is 0 Å². The quantitative estimate of drug-likeness (QED) is 0.853. The predicted molar refractivity (Wildman–Crippen MR) is 81.4 cm³/mol. The largest absolute Gasteiger partial charge is 0.399 e. The predicted octanol–water partition coefficient (Wildman–Crippen LogP) is 2.25. The molecule has 0 spiro atoms. The van der Waals surface area contributed by atoms with E-state index in [9.17, 15) is 8.42 Å². The van der Waals surface area contributed by atoms with Crippen LogP contribution in [0.5, 0.6) is 0 Å². The van der Waals surface area contributed by atoms with Crippen LogP contribution in [0.25, 0.3) is 0 Å². The third kappa shape index (κ3) is 3.17. The molecule has 0 aliphatic carbocycles. The number of hydrogen-bond acceptors (Lipinski definition) is 4. The average molecular weight is 356 g/mol. The summed E-state index contributed by atoms with van der Waals surface area (Å²) in [7, 11) is -2.07. The number of aromatic nitrogens is 1. The highest BCUT2D eigenvalue weighted by Crippen LogP contribution is 2.27. The minimum absolute atomic E-state index is 0.185. The molecule has 0 fully saturated rings. The summed E-state index contributed by atoms with van der Waals surface area (Å²) in [6.07, 6.45) is 1.63. The Morgan fingerprint density at radius 1 is 1.30 bits per heavy atom. The van der Waals surface area contributed by atoms with Gasteiger partial charge in [0.05, 0.1) is 17.1 Å². The van der Waals surface area contributed by atoms with Crippen molar-refractivity contribution in [3.63, 3.8) is 0 Å². The summed E-state index contributed by atoms with van der Waals surface area (Å²) < 4.78 is 26.7. The second-order valence-electron chi connectivity index (χ2n) is 4.27. The monoisotopic (exact) mass is 355 g/mol. The van der Waals surface area contributed by atoms with Gasteiger partial charge in [0.1, 0.15) is 0 Å². The van der Waals surface area contributed by atoms with Gasteiger partial charge in [-0.05, 0) is 46.3 Å². The molecule has 0 aliphatic rings. The van der Waals surface area contributed by atoms with Gasteiger partial charge in [-0.2, -0.15) is 4.31 Å². The van der Waals surface area contributed by atoms with Gasteiger partial charge >= 0.3 is 0 Å². The molecule has 7 heteroatoms. The highest BCUT2D eigenvalue weighted by atomic mass is 79.9. The molecular weight excluding hydrogens is 342 g/mol. The number of nitrogen functional groups attached to an aromatic ring is 1. The van der Waals surface area contributed by atoms with Gasteiger partial charge < -0.3 is 5.73 Å². The zero-order valence-corrected chi connectivity index (χ0v) is 13.2. The van der Waals surface area contributed by atoms with E-state index in [1.807, 2.05) is 6.07 Å². The first-order valence-electron chi connectivity index (χ1n) is 5.82. The van der Waals surface area contributed by atoms with E-state index in [0.717, 1.165) is 0 Å². The number of rotatable bonds is 4. The zero-order valence-electron chi connectivity index (χ0n) is 10.8. The molecule has 1 heterocycles. The lowest BCUT2D eigenvalue weighted by Crippen LogP contribution is -2.27. The summed E-state index contributed by atoms with van der Waals surface area (Å²) in [6, 6.07) is 10.0. The lowest BCUT2D eigenvalue weighted by atomic mass is 10.3. The second-order valence-corrected chi connectivity index (χ2v) is 7.14. The molecule has 0 atom stereocenters. The number of benzene rings is 1. The molecule has 106 valence electrons. The topological polar surface area (TPSA) is 76.3 Å². The first kappa shape index (κ1) is 15.0. The van der Waals surface area contributed by atoms with Gasteiger partial charge in [-0.1, -0.05) is 6.07 Å². The van der Waals surface area contributed by atoms with E-state index in [2.05, 4.69) is 20.9 Å². The number of nitrogens with two attached hydrogens (primary N) is 1. The van der Waals surface area contributed by atoms with Crippen molar-refractivity contribution in [2.75, 3.05) is 12.8 Å². The van der Waals surface area contributed by atoms with Crippen molar-refractivity contribution >= 4 is 31.6 Å². The van der Waals surface area contributed by atoms with Crippen LogP contribution in [0, 0.1) is 0 Å². The van der Waals surface area contributed by atoms with Gasteiger partial charge in [0, 0.05) is 23.4 Å². The highest BCUT2D eigenvalue weighted by molar-refractivity contribution is 9.10. The Kier molecular flexibility index (Phi) is 4.42. The van der Waals surface area contributed by atoms with E-state index in [1.54, 1.807) is 30.5 Å². The van der Waals surface area contributed by atoms with Crippen molar-refractivity contribution < 1.29 is 8.42 Å². The zero-order chi connectivity index (χ0) is 14.8. The number of halogens is 1. The van der Waals surface area contributed by atoms with E-state index < -0.39 is 10.0 Å². The van der Waals surface area contributed by atoms with Crippen LogP contribution in [0.15, 0.2) is 52.0 Å². The molecule has 2 N–H and O–H groups in total. The molecular formula is C13H14BrN3O2S. The number of pyridine rings is 1. The van der Waals surface area contributed by atoms with Crippen LogP contribution < -0.4 is 5.73 Å². The fourth-order valence-electron chi connectivity index (χ4n) is 1.70. The standard InChI is InChI=1S/C13H14BrN3O2S/c1-17(9-11-4-2-3-7-16-11)20(18,19)13-6-5-10(15)8-12(13)14/h2-8H,9,15H2,1H3. The summed E-state index contributed by atoms with van der Waals surface area (Å²) in [5.74, 6) is 0. The van der Waals surface area contributed by atoms with Crippen molar-refractivity contribution in [3.8, 4) is 0 Å². The maximum Gasteiger partial charge on any atom is 0.244 e. The molecule has 1 aromatic carbocycles. The number of nitrogens with zero attached hydrogens (tertiary/aromatic N) is 2. The lowest BCUT2D eigenvalue weighted by molar-refractivity contribution is 0.462. The molecule has 1 aromatic heterocycles. The first-order valence-corrected chi connectivity index (χ1v) is 8.06. The van der Waals surface area contributed by atoms with Crippen LogP contribution in [0.3, 0.4) is 0 Å². The Balaban J connectivity index is 2.30. The van der Waals surface area contributed by atoms with Crippen LogP contribution in [0.2, 0.25) is 0 Å². The highest BCUT2D eigenvalue weighted by Gasteiger charge is 2.23. The minimum Gasteiger partial charge on any atom is -0.399 e. The Hall–Kier alpha value is -1.44. The smallest absolute Gasteiger partial charge is 0.244 e. The molecule has 0 unspecified atom stereocenters. The number of hydrogen-bond donors (Lipinski definition) is 1. The second kappa shape index (κ2) is 5.90. The molecule has 0 saturated carbocycles. The Bertz CT molecular complexity index is 705. The maximum atomic E-state index is 12.5. The van der Waals surface area contributed by atoms with Crippen molar-refractivity contribution in [1.29, 1.82) is 0 Å². The van der Waals surface area contributed by atoms with Crippen LogP contribution in [0.1, 0.15) is 5.69 Å². The van der Waals surface area contributed by atoms with E-state index in [0.29, 0.717) is 15.9 Å². The van der Waals surface area contributed by atoms with Gasteiger partial charge in [-0.3, -0.25) is 4.98 Å². The van der Waals surface area contributed by atoms with Crippen molar-refractivity contribution in [2.45, 2.75) is 11.4 Å². The molecule has 0 saturated heterocycles. The summed E-state index contributed by atoms with van der Waals surface area (Å²) in [5.41, 5.74) is 6.81. The minimum atomic E-state index is -3.59. The summed E-state index contributed by atoms with van der Waals surface area (Å²) >= 11 is 3.24. The fourth-order valence-corrected chi connectivity index (χ4v) is 3.89. The van der Waals surface area contributed by atoms with Crippen LogP contribution in [-0.4, -0.2) is 24.8 Å². The van der Waals surface area contributed by atoms with Crippen molar-refractivity contribution in [1.82, 2.24) is 9.29 Å². The molecule has 2 aromatic rings. The summed E-state index contributed by atoms with van der Waals surface area (Å²) in [4.78, 5) is 4.31. The summed E-state index contributed by atoms with van der Waals surface area (Å²) in [5, 5.41) is 0. The van der Waals surface area contributed by atoms with Gasteiger partial charge in [0.25, 0.3) is 0 Å². The average Bonchev–Trinajstić information content (AvgIpc) is 2.39. The Morgan fingerprint density at radius 2 is 2.05 bits per heavy atom. The van der Waals surface area contributed by atoms with E-state index in [1.165, 1.54) is 17.4 Å². The van der Waals surface area contributed by atoms with Gasteiger partial charge in [0.15, 0.2) is 0 Å². The van der Waals surface area contributed by atoms with Crippen LogP contribution in [-0.2, 0) is 16.6 Å². The van der Waals surface area contributed by atoms with E-state index in [4.69, 9.17) is 5.73 Å². The SMILES string of the molecule is CN(Cc1ccccn1)S(=O)(=O)c1ccc(N)cc1Br. The number of anilines is 1. The van der Waals surface area contributed by atoms with Crippen LogP contribution >= 0.6 is 15.9 Å². The van der Waals surface area contributed by atoms with Crippen molar-refractivity contribution in [3.05, 3.63) is 52.8 Å². The van der Waals surface area contributed by atoms with Gasteiger partial charge in [-0.25, -0.2) is 8.42 Å². The molecule has 0 amide bonds. The fraction of sp³-hybridized carbons (Fsp3) is 0.154. The Morgan fingerprint density at radius 3 is 2.65 bits per heavy atom. The molecule has 5 nitrogen and oxygen atoms in total. The number of sulfonamides is 1. The molecule has 20 heavy (non-hydrogen) atoms.